The van der Waals surface area contributed by atoms with Crippen LogP contribution in [0.5, 0.6) is 0 Å². The number of nitrogens with zero attached hydrogens (tertiary/aromatic N) is 3. The summed E-state index contributed by atoms with van der Waals surface area (Å²) < 4.78 is 25.5. The number of sulfone groups is 1. The fraction of sp³-hybridized carbons (Fsp3) is 0.500. The predicted molar refractivity (Wildman–Crippen MR) is 95.1 cm³/mol. The quantitative estimate of drug-likeness (QED) is 0.858. The highest BCUT2D eigenvalue weighted by Crippen LogP contribution is 2.37. The molecule has 4 rings (SSSR count). The number of rotatable bonds is 3. The second-order valence-electron chi connectivity index (χ2n) is 7.47. The minimum Gasteiger partial charge on any atom is -0.366 e. The molecule has 0 aliphatic carbocycles. The van der Waals surface area contributed by atoms with Gasteiger partial charge in [-0.3, -0.25) is 4.68 Å². The number of fused-ring (bicyclic) bond motifs is 1. The van der Waals surface area contributed by atoms with E-state index < -0.39 is 15.4 Å². The van der Waals surface area contributed by atoms with Crippen LogP contribution >= 0.6 is 0 Å². The molecule has 1 aromatic carbocycles. The Hall–Kier alpha value is -1.82. The van der Waals surface area contributed by atoms with Crippen molar-refractivity contribution in [1.82, 2.24) is 9.78 Å². The van der Waals surface area contributed by atoms with Crippen molar-refractivity contribution in [3.05, 3.63) is 47.8 Å². The zero-order valence-electron chi connectivity index (χ0n) is 14.1. The molecule has 6 heteroatoms. The summed E-state index contributed by atoms with van der Waals surface area (Å²) in [6.07, 6.45) is 4.54. The van der Waals surface area contributed by atoms with Crippen LogP contribution in [0.2, 0.25) is 0 Å². The van der Waals surface area contributed by atoms with E-state index in [1.807, 2.05) is 24.0 Å². The third-order valence-corrected chi connectivity index (χ3v) is 7.24. The van der Waals surface area contributed by atoms with Crippen molar-refractivity contribution in [3.63, 3.8) is 0 Å². The van der Waals surface area contributed by atoms with E-state index >= 15 is 0 Å². The number of para-hydroxylation sites is 1. The molecule has 0 radical (unpaired) electrons. The van der Waals surface area contributed by atoms with Gasteiger partial charge in [0.1, 0.15) is 0 Å². The monoisotopic (exact) mass is 345 g/mol. The zero-order chi connectivity index (χ0) is 16.9. The largest absolute Gasteiger partial charge is 0.366 e. The molecule has 1 saturated heterocycles. The fourth-order valence-electron chi connectivity index (χ4n) is 4.00. The first kappa shape index (κ1) is 15.7. The average Bonchev–Trinajstić information content (AvgIpc) is 3.19. The van der Waals surface area contributed by atoms with E-state index in [0.29, 0.717) is 12.3 Å². The van der Waals surface area contributed by atoms with Crippen molar-refractivity contribution in [1.29, 1.82) is 0 Å². The van der Waals surface area contributed by atoms with Crippen LogP contribution < -0.4 is 4.90 Å². The molecule has 1 aromatic heterocycles. The van der Waals surface area contributed by atoms with Crippen LogP contribution in [-0.4, -0.2) is 36.2 Å². The van der Waals surface area contributed by atoms with Crippen LogP contribution in [0.15, 0.2) is 36.7 Å². The van der Waals surface area contributed by atoms with Crippen molar-refractivity contribution in [3.8, 4) is 0 Å². The second-order valence-corrected chi connectivity index (χ2v) is 9.66. The second kappa shape index (κ2) is 5.34. The van der Waals surface area contributed by atoms with Gasteiger partial charge in [0.15, 0.2) is 9.84 Å². The SMILES string of the molecule is C[C@H]1CN(Cc2cnn([C@@]3(C)CCS(=O)(=O)C3)c2)c2ccccc21. The highest BCUT2D eigenvalue weighted by atomic mass is 32.2. The minimum absolute atomic E-state index is 0.185. The smallest absolute Gasteiger partial charge is 0.152 e. The molecule has 0 spiro atoms. The molecule has 5 nitrogen and oxygen atoms in total. The number of hydrogen-bond donors (Lipinski definition) is 0. The molecule has 2 aliphatic rings. The van der Waals surface area contributed by atoms with Gasteiger partial charge in [0.25, 0.3) is 0 Å². The molecular formula is C18H23N3O2S. The van der Waals surface area contributed by atoms with Gasteiger partial charge >= 0.3 is 0 Å². The lowest BCUT2D eigenvalue weighted by atomic mass is 10.0. The summed E-state index contributed by atoms with van der Waals surface area (Å²) in [7, 11) is -2.93. The molecular weight excluding hydrogens is 322 g/mol. The number of aromatic nitrogens is 2. The maximum absolute atomic E-state index is 11.8. The summed E-state index contributed by atoms with van der Waals surface area (Å²) in [6.45, 7) is 6.06. The van der Waals surface area contributed by atoms with Crippen LogP contribution in [-0.2, 0) is 21.9 Å². The van der Waals surface area contributed by atoms with Gasteiger partial charge in [-0.2, -0.15) is 5.10 Å². The van der Waals surface area contributed by atoms with Crippen molar-refractivity contribution in [2.45, 2.75) is 38.3 Å². The molecule has 2 aliphatic heterocycles. The minimum atomic E-state index is -2.93. The van der Waals surface area contributed by atoms with Gasteiger partial charge in [-0.15, -0.1) is 0 Å². The lowest BCUT2D eigenvalue weighted by molar-refractivity contribution is 0.328. The van der Waals surface area contributed by atoms with Crippen molar-refractivity contribution < 1.29 is 8.42 Å². The summed E-state index contributed by atoms with van der Waals surface area (Å²) in [6, 6.07) is 8.55. The summed E-state index contributed by atoms with van der Waals surface area (Å²) >= 11 is 0. The van der Waals surface area contributed by atoms with Gasteiger partial charge in [-0.05, 0) is 25.0 Å². The molecule has 24 heavy (non-hydrogen) atoms. The maximum Gasteiger partial charge on any atom is 0.152 e. The number of benzene rings is 1. The first-order valence-electron chi connectivity index (χ1n) is 8.45. The molecule has 1 fully saturated rings. The Bertz CT molecular complexity index is 874. The van der Waals surface area contributed by atoms with E-state index in [0.717, 1.165) is 18.7 Å². The van der Waals surface area contributed by atoms with Crippen LogP contribution in [0.1, 0.15) is 37.3 Å². The molecule has 2 aromatic rings. The van der Waals surface area contributed by atoms with Crippen molar-refractivity contribution in [2.75, 3.05) is 23.0 Å². The van der Waals surface area contributed by atoms with Crippen LogP contribution in [0.4, 0.5) is 5.69 Å². The Morgan fingerprint density at radius 1 is 1.33 bits per heavy atom. The van der Waals surface area contributed by atoms with Crippen LogP contribution in [0.25, 0.3) is 0 Å². The van der Waals surface area contributed by atoms with E-state index in [2.05, 4.69) is 41.2 Å². The molecule has 0 unspecified atom stereocenters. The van der Waals surface area contributed by atoms with E-state index in [1.165, 1.54) is 11.3 Å². The molecule has 0 bridgehead atoms. The molecule has 0 amide bonds. The predicted octanol–water partition coefficient (Wildman–Crippen LogP) is 2.54. The van der Waals surface area contributed by atoms with E-state index in [4.69, 9.17) is 0 Å². The summed E-state index contributed by atoms with van der Waals surface area (Å²) in [5.74, 6) is 0.981. The lowest BCUT2D eigenvalue weighted by Crippen LogP contribution is -2.31. The molecule has 3 heterocycles. The van der Waals surface area contributed by atoms with Gasteiger partial charge in [0.05, 0.1) is 23.2 Å². The van der Waals surface area contributed by atoms with E-state index in [1.54, 1.807) is 0 Å². The Kier molecular flexibility index (Phi) is 3.49. The first-order chi connectivity index (χ1) is 11.4. The highest BCUT2D eigenvalue weighted by Gasteiger charge is 2.40. The van der Waals surface area contributed by atoms with Gasteiger partial charge in [0, 0.05) is 36.5 Å². The summed E-state index contributed by atoms with van der Waals surface area (Å²) in [5.41, 5.74) is 3.42. The Labute approximate surface area is 143 Å². The summed E-state index contributed by atoms with van der Waals surface area (Å²) in [5, 5.41) is 4.48. The zero-order valence-corrected chi connectivity index (χ0v) is 15.0. The molecule has 128 valence electrons. The van der Waals surface area contributed by atoms with Gasteiger partial charge < -0.3 is 4.90 Å². The first-order valence-corrected chi connectivity index (χ1v) is 10.3. The molecule has 0 saturated carbocycles. The average molecular weight is 345 g/mol. The van der Waals surface area contributed by atoms with Crippen LogP contribution in [0, 0.1) is 0 Å². The van der Waals surface area contributed by atoms with E-state index in [-0.39, 0.29) is 11.5 Å². The maximum atomic E-state index is 11.8. The molecule has 2 atom stereocenters. The Morgan fingerprint density at radius 2 is 2.12 bits per heavy atom. The topological polar surface area (TPSA) is 55.2 Å². The third-order valence-electron chi connectivity index (χ3n) is 5.35. The Morgan fingerprint density at radius 3 is 2.88 bits per heavy atom. The summed E-state index contributed by atoms with van der Waals surface area (Å²) in [4.78, 5) is 2.38. The molecule has 0 N–H and O–H groups in total. The number of anilines is 1. The lowest BCUT2D eigenvalue weighted by Gasteiger charge is -2.23. The standard InChI is InChI=1S/C18H23N3O2S/c1-14-10-20(17-6-4-3-5-16(14)17)11-15-9-19-21(12-15)18(2)7-8-24(22,23)13-18/h3-6,9,12,14H,7-8,10-11,13H2,1-2H3/t14-,18-/m0/s1. The van der Waals surface area contributed by atoms with Gasteiger partial charge in [-0.1, -0.05) is 25.1 Å². The number of hydrogen-bond acceptors (Lipinski definition) is 4. The highest BCUT2D eigenvalue weighted by molar-refractivity contribution is 7.91. The Balaban J connectivity index is 1.55. The van der Waals surface area contributed by atoms with Crippen molar-refractivity contribution >= 4 is 15.5 Å². The van der Waals surface area contributed by atoms with Gasteiger partial charge in [-0.25, -0.2) is 8.42 Å². The van der Waals surface area contributed by atoms with Gasteiger partial charge in [0.2, 0.25) is 0 Å². The van der Waals surface area contributed by atoms with E-state index in [9.17, 15) is 8.42 Å². The third kappa shape index (κ3) is 2.62. The fourth-order valence-corrected chi connectivity index (χ4v) is 6.12. The normalized spacial score (nSPS) is 28.2. The van der Waals surface area contributed by atoms with Crippen LogP contribution in [0.3, 0.4) is 0 Å². The van der Waals surface area contributed by atoms with Crippen molar-refractivity contribution in [2.24, 2.45) is 0 Å².